The minimum atomic E-state index is -0.181. The first-order valence-electron chi connectivity index (χ1n) is 18.7. The van der Waals surface area contributed by atoms with Crippen molar-refractivity contribution < 1.29 is 23.8 Å². The third-order valence-corrected chi connectivity index (χ3v) is 8.41. The lowest BCUT2D eigenvalue weighted by Gasteiger charge is -2.07. The molecule has 0 aliphatic carbocycles. The van der Waals surface area contributed by atoms with Crippen molar-refractivity contribution in [3.05, 3.63) is 84.3 Å². The van der Waals surface area contributed by atoms with Crippen LogP contribution < -0.4 is 9.47 Å². The highest BCUT2D eigenvalue weighted by Crippen LogP contribution is 2.17. The van der Waals surface area contributed by atoms with Gasteiger partial charge in [0, 0.05) is 23.3 Å². The van der Waals surface area contributed by atoms with Crippen molar-refractivity contribution in [1.82, 2.24) is 0 Å². The van der Waals surface area contributed by atoms with E-state index in [1.54, 1.807) is 24.3 Å². The predicted molar refractivity (Wildman–Crippen MR) is 196 cm³/mol. The minimum Gasteiger partial charge on any atom is -0.494 e. The number of allylic oxidation sites excluding steroid dienone is 2. The Morgan fingerprint density at radius 3 is 1.06 bits per heavy atom. The van der Waals surface area contributed by atoms with E-state index in [9.17, 15) is 9.59 Å². The number of carbonyl (C=O) groups is 2. The van der Waals surface area contributed by atoms with Gasteiger partial charge in [0.1, 0.15) is 11.5 Å². The number of hydrogen-bond acceptors (Lipinski definition) is 5. The maximum absolute atomic E-state index is 12.4. The molecule has 0 saturated carbocycles. The van der Waals surface area contributed by atoms with Crippen LogP contribution in [-0.2, 0) is 4.74 Å². The molecule has 5 heteroatoms. The molecule has 2 aromatic rings. The van der Waals surface area contributed by atoms with Crippen LogP contribution >= 0.6 is 0 Å². The van der Waals surface area contributed by atoms with E-state index < -0.39 is 0 Å². The van der Waals surface area contributed by atoms with Crippen LogP contribution in [0.1, 0.15) is 163 Å². The van der Waals surface area contributed by atoms with Gasteiger partial charge in [0.2, 0.25) is 0 Å². The van der Waals surface area contributed by atoms with Crippen molar-refractivity contribution >= 4 is 11.6 Å². The van der Waals surface area contributed by atoms with E-state index in [1.165, 1.54) is 140 Å². The SMILES string of the molecule is CCCCCCCCCCCCOc1ccc(C(=O)C=COC=CC(=O)c2ccc(OCCCCCCCCCCCC)cc2)cc1. The van der Waals surface area contributed by atoms with E-state index in [0.717, 1.165) is 24.3 Å². The van der Waals surface area contributed by atoms with Crippen molar-refractivity contribution in [2.75, 3.05) is 13.2 Å². The summed E-state index contributed by atoms with van der Waals surface area (Å²) < 4.78 is 16.9. The summed E-state index contributed by atoms with van der Waals surface area (Å²) in [7, 11) is 0. The summed E-state index contributed by atoms with van der Waals surface area (Å²) in [6.07, 6.45) is 31.2. The van der Waals surface area contributed by atoms with E-state index in [0.29, 0.717) is 24.3 Å². The summed E-state index contributed by atoms with van der Waals surface area (Å²) in [6, 6.07) is 14.3. The zero-order chi connectivity index (χ0) is 33.6. The number of ether oxygens (including phenoxy) is 3. The highest BCUT2D eigenvalue weighted by molar-refractivity contribution is 6.05. The fourth-order valence-electron chi connectivity index (χ4n) is 5.43. The molecule has 0 aromatic heterocycles. The first-order chi connectivity index (χ1) is 23.1. The summed E-state index contributed by atoms with van der Waals surface area (Å²) in [5.41, 5.74) is 1.10. The maximum atomic E-state index is 12.4. The molecule has 260 valence electrons. The van der Waals surface area contributed by atoms with Crippen LogP contribution in [0.5, 0.6) is 11.5 Å². The van der Waals surface area contributed by atoms with Gasteiger partial charge in [0.15, 0.2) is 11.6 Å². The van der Waals surface area contributed by atoms with Crippen LogP contribution in [0.3, 0.4) is 0 Å². The van der Waals surface area contributed by atoms with Crippen molar-refractivity contribution in [3.8, 4) is 11.5 Å². The second-order valence-corrected chi connectivity index (χ2v) is 12.6. The van der Waals surface area contributed by atoms with Gasteiger partial charge in [0.25, 0.3) is 0 Å². The Bertz CT molecular complexity index is 1030. The number of ketones is 2. The molecule has 0 aliphatic rings. The lowest BCUT2D eigenvalue weighted by molar-refractivity contribution is 0.103. The van der Waals surface area contributed by atoms with Crippen LogP contribution in [0, 0.1) is 0 Å². The summed E-state index contributed by atoms with van der Waals surface area (Å²) in [5, 5.41) is 0. The molecule has 0 spiro atoms. The topological polar surface area (TPSA) is 61.8 Å². The van der Waals surface area contributed by atoms with Gasteiger partial charge in [-0.1, -0.05) is 129 Å². The Morgan fingerprint density at radius 2 is 0.745 bits per heavy atom. The van der Waals surface area contributed by atoms with E-state index in [2.05, 4.69) is 13.8 Å². The fourth-order valence-corrected chi connectivity index (χ4v) is 5.43. The largest absolute Gasteiger partial charge is 0.494 e. The summed E-state index contributed by atoms with van der Waals surface area (Å²) in [4.78, 5) is 24.9. The van der Waals surface area contributed by atoms with E-state index in [1.807, 2.05) is 24.3 Å². The molecule has 0 atom stereocenters. The highest BCUT2D eigenvalue weighted by atomic mass is 16.5. The fraction of sp³-hybridized carbons (Fsp3) is 0.571. The van der Waals surface area contributed by atoms with Gasteiger partial charge in [-0.15, -0.1) is 0 Å². The number of unbranched alkanes of at least 4 members (excludes halogenated alkanes) is 18. The van der Waals surface area contributed by atoms with Crippen molar-refractivity contribution in [2.24, 2.45) is 0 Å². The third kappa shape index (κ3) is 20.5. The van der Waals surface area contributed by atoms with Crippen LogP contribution in [0.2, 0.25) is 0 Å². The molecule has 0 unspecified atom stereocenters. The average Bonchev–Trinajstić information content (AvgIpc) is 3.09. The Kier molecular flexibility index (Phi) is 23.5. The van der Waals surface area contributed by atoms with Crippen molar-refractivity contribution in [1.29, 1.82) is 0 Å². The van der Waals surface area contributed by atoms with Crippen molar-refractivity contribution in [3.63, 3.8) is 0 Å². The number of hydrogen-bond donors (Lipinski definition) is 0. The van der Waals surface area contributed by atoms with E-state index in [-0.39, 0.29) is 11.6 Å². The smallest absolute Gasteiger partial charge is 0.188 e. The molecular formula is C42H62O5. The normalized spacial score (nSPS) is 11.4. The van der Waals surface area contributed by atoms with Crippen LogP contribution in [0.25, 0.3) is 0 Å². The molecule has 0 saturated heterocycles. The summed E-state index contributed by atoms with van der Waals surface area (Å²) >= 11 is 0. The van der Waals surface area contributed by atoms with Gasteiger partial charge in [0.05, 0.1) is 25.7 Å². The first kappa shape index (κ1) is 39.8. The molecule has 0 aliphatic heterocycles. The molecule has 47 heavy (non-hydrogen) atoms. The van der Waals surface area contributed by atoms with Gasteiger partial charge in [-0.3, -0.25) is 9.59 Å². The lowest BCUT2D eigenvalue weighted by atomic mass is 10.1. The molecule has 2 rings (SSSR count). The monoisotopic (exact) mass is 646 g/mol. The molecule has 0 radical (unpaired) electrons. The van der Waals surface area contributed by atoms with E-state index in [4.69, 9.17) is 14.2 Å². The van der Waals surface area contributed by atoms with Crippen LogP contribution in [0.15, 0.2) is 73.2 Å². The van der Waals surface area contributed by atoms with Gasteiger partial charge < -0.3 is 14.2 Å². The molecular weight excluding hydrogens is 584 g/mol. The lowest BCUT2D eigenvalue weighted by Crippen LogP contribution is -1.99. The van der Waals surface area contributed by atoms with Gasteiger partial charge in [-0.2, -0.15) is 0 Å². The Hall–Kier alpha value is -3.34. The van der Waals surface area contributed by atoms with Crippen LogP contribution in [-0.4, -0.2) is 24.8 Å². The quantitative estimate of drug-likeness (QED) is 0.0366. The van der Waals surface area contributed by atoms with Crippen molar-refractivity contribution in [2.45, 2.75) is 142 Å². The van der Waals surface area contributed by atoms with Gasteiger partial charge >= 0.3 is 0 Å². The Labute approximate surface area is 286 Å². The second kappa shape index (κ2) is 27.7. The zero-order valence-electron chi connectivity index (χ0n) is 29.5. The third-order valence-electron chi connectivity index (χ3n) is 8.41. The van der Waals surface area contributed by atoms with Crippen LogP contribution in [0.4, 0.5) is 0 Å². The highest BCUT2D eigenvalue weighted by Gasteiger charge is 2.04. The first-order valence-corrected chi connectivity index (χ1v) is 18.7. The number of benzene rings is 2. The van der Waals surface area contributed by atoms with Gasteiger partial charge in [-0.05, 0) is 61.4 Å². The summed E-state index contributed by atoms with van der Waals surface area (Å²) in [6.45, 7) is 5.90. The molecule has 2 aromatic carbocycles. The minimum absolute atomic E-state index is 0.181. The predicted octanol–water partition coefficient (Wildman–Crippen LogP) is 12.4. The maximum Gasteiger partial charge on any atom is 0.188 e. The molecule has 0 fully saturated rings. The summed E-state index contributed by atoms with van der Waals surface area (Å²) in [5.74, 6) is 1.18. The number of rotatable bonds is 30. The molecule has 0 amide bonds. The molecule has 5 nitrogen and oxygen atoms in total. The molecule has 0 heterocycles. The second-order valence-electron chi connectivity index (χ2n) is 12.6. The standard InChI is InChI=1S/C42H62O5/c1-3-5-7-9-11-13-15-17-19-21-33-46-39-27-23-37(24-28-39)41(43)31-35-45-36-32-42(44)38-25-29-40(30-26-38)47-34-22-20-18-16-14-12-10-8-6-4-2/h23-32,35-36H,3-22,33-34H2,1-2H3. The molecule has 0 bridgehead atoms. The Balaban J connectivity index is 1.54. The Morgan fingerprint density at radius 1 is 0.447 bits per heavy atom. The van der Waals surface area contributed by atoms with Gasteiger partial charge in [-0.25, -0.2) is 0 Å². The number of carbonyl (C=O) groups excluding carboxylic acids is 2. The molecule has 0 N–H and O–H groups in total. The van der Waals surface area contributed by atoms with E-state index >= 15 is 0 Å². The zero-order valence-corrected chi connectivity index (χ0v) is 29.5. The average molecular weight is 647 g/mol.